The number of nitrogens with two attached hydrogens (primary N) is 1. The third-order valence-corrected chi connectivity index (χ3v) is 4.13. The molecule has 2 N–H and O–H groups in total. The van der Waals surface area contributed by atoms with Gasteiger partial charge in [0.15, 0.2) is 0 Å². The Morgan fingerprint density at radius 2 is 1.81 bits per heavy atom. The van der Waals surface area contributed by atoms with Gasteiger partial charge in [-0.2, -0.15) is 17.6 Å². The molecule has 4 nitrogen and oxygen atoms in total. The predicted molar refractivity (Wildman–Crippen MR) is 88.4 cm³/mol. The van der Waals surface area contributed by atoms with E-state index in [0.717, 1.165) is 6.08 Å². The molecule has 0 amide bonds. The van der Waals surface area contributed by atoms with E-state index in [9.17, 15) is 17.6 Å². The third kappa shape index (κ3) is 3.82. The summed E-state index contributed by atoms with van der Waals surface area (Å²) in [5.74, 6) is -0.404. The van der Waals surface area contributed by atoms with E-state index in [1.165, 1.54) is 6.08 Å². The highest BCUT2D eigenvalue weighted by Crippen LogP contribution is 2.46. The summed E-state index contributed by atoms with van der Waals surface area (Å²) in [5.41, 5.74) is 6.82. The maximum absolute atomic E-state index is 13.3. The molecular weight excluding hydrogens is 399 g/mol. The van der Waals surface area contributed by atoms with Crippen LogP contribution in [0, 0.1) is 0 Å². The van der Waals surface area contributed by atoms with Crippen LogP contribution in [0.1, 0.15) is 12.0 Å². The van der Waals surface area contributed by atoms with Crippen molar-refractivity contribution in [3.05, 3.63) is 57.3 Å². The van der Waals surface area contributed by atoms with Crippen LogP contribution >= 0.6 is 23.2 Å². The fourth-order valence-corrected chi connectivity index (χ4v) is 3.03. The lowest BCUT2D eigenvalue weighted by atomic mass is 10.0. The van der Waals surface area contributed by atoms with E-state index in [0.29, 0.717) is 15.6 Å². The molecule has 1 unspecified atom stereocenters. The summed E-state index contributed by atoms with van der Waals surface area (Å²) in [4.78, 5) is 4.14. The summed E-state index contributed by atoms with van der Waals surface area (Å²) in [6.45, 7) is 0.141. The zero-order valence-electron chi connectivity index (χ0n) is 13.0. The Hall–Kier alpha value is -1.77. The molecule has 26 heavy (non-hydrogen) atoms. The van der Waals surface area contributed by atoms with Crippen molar-refractivity contribution < 1.29 is 27.0 Å². The lowest BCUT2D eigenvalue weighted by Gasteiger charge is -2.37. The van der Waals surface area contributed by atoms with Crippen molar-refractivity contribution in [3.63, 3.8) is 0 Å². The van der Waals surface area contributed by atoms with Crippen LogP contribution in [-0.4, -0.2) is 24.2 Å². The molecule has 10 heteroatoms. The van der Waals surface area contributed by atoms with E-state index >= 15 is 0 Å². The van der Waals surface area contributed by atoms with Crippen LogP contribution in [0.5, 0.6) is 0 Å². The highest BCUT2D eigenvalue weighted by molar-refractivity contribution is 6.34. The second kappa shape index (κ2) is 6.75. The molecule has 1 atom stereocenters. The highest BCUT2D eigenvalue weighted by Gasteiger charge is 2.66. The standard InChI is InChI=1S/C16H12Cl2F4N2O2/c17-10-3-8(4-11(18)6-10)7-24-14(23)9-1-2-12-13(5-9)26-16(21,22)15(19,20)25-12/h1,3-6,12H,2,7H2,(H2,23,24). The van der Waals surface area contributed by atoms with Gasteiger partial charge < -0.3 is 15.2 Å². The maximum Gasteiger partial charge on any atom is 0.493 e. The van der Waals surface area contributed by atoms with E-state index in [-0.39, 0.29) is 24.4 Å². The minimum absolute atomic E-state index is 0.0243. The number of fused-ring (bicyclic) bond motifs is 1. The number of halogens is 6. The topological polar surface area (TPSA) is 56.8 Å². The molecule has 1 aromatic rings. The second-order valence-electron chi connectivity index (χ2n) is 5.66. The van der Waals surface area contributed by atoms with Crippen LogP contribution < -0.4 is 5.73 Å². The van der Waals surface area contributed by atoms with Crippen molar-refractivity contribution >= 4 is 29.0 Å². The number of alkyl halides is 4. The average Bonchev–Trinajstić information content (AvgIpc) is 2.52. The Bertz CT molecular complexity index is 804. The number of amidine groups is 1. The molecular formula is C16H12Cl2F4N2O2. The number of hydrogen-bond donors (Lipinski definition) is 1. The van der Waals surface area contributed by atoms with E-state index in [1.807, 2.05) is 0 Å². The Morgan fingerprint density at radius 3 is 2.46 bits per heavy atom. The zero-order chi connectivity index (χ0) is 19.1. The van der Waals surface area contributed by atoms with Gasteiger partial charge in [0.1, 0.15) is 17.7 Å². The Labute approximate surface area is 155 Å². The molecule has 0 bridgehead atoms. The number of nitrogens with zero attached hydrogens (tertiary/aromatic N) is 1. The summed E-state index contributed by atoms with van der Waals surface area (Å²) in [6.07, 6.45) is -8.31. The van der Waals surface area contributed by atoms with Gasteiger partial charge in [0.05, 0.1) is 6.54 Å². The number of rotatable bonds is 3. The number of aliphatic imine (C=N–C) groups is 1. The van der Waals surface area contributed by atoms with Crippen molar-refractivity contribution in [3.8, 4) is 0 Å². The zero-order valence-corrected chi connectivity index (χ0v) is 14.5. The van der Waals surface area contributed by atoms with Crippen LogP contribution in [0.15, 0.2) is 46.7 Å². The smallest absolute Gasteiger partial charge is 0.428 e. The first-order valence-electron chi connectivity index (χ1n) is 7.37. The first-order chi connectivity index (χ1) is 12.1. The Kier molecular flexibility index (Phi) is 4.94. The molecule has 1 aliphatic heterocycles. The molecule has 1 aromatic carbocycles. The largest absolute Gasteiger partial charge is 0.493 e. The molecule has 140 valence electrons. The second-order valence-corrected chi connectivity index (χ2v) is 6.54. The van der Waals surface area contributed by atoms with E-state index < -0.39 is 24.1 Å². The molecule has 1 saturated heterocycles. The Balaban J connectivity index is 1.76. The number of ether oxygens (including phenoxy) is 2. The van der Waals surface area contributed by atoms with Crippen LogP contribution in [-0.2, 0) is 16.0 Å². The van der Waals surface area contributed by atoms with Gasteiger partial charge in [0.2, 0.25) is 0 Å². The summed E-state index contributed by atoms with van der Waals surface area (Å²) < 4.78 is 61.2. The van der Waals surface area contributed by atoms with Gasteiger partial charge in [0, 0.05) is 22.0 Å². The van der Waals surface area contributed by atoms with Gasteiger partial charge in [-0.05, 0) is 29.8 Å². The minimum Gasteiger partial charge on any atom is -0.428 e. The Morgan fingerprint density at radius 1 is 1.15 bits per heavy atom. The fourth-order valence-electron chi connectivity index (χ4n) is 2.46. The van der Waals surface area contributed by atoms with Gasteiger partial charge in [-0.15, -0.1) is 0 Å². The lowest BCUT2D eigenvalue weighted by Crippen LogP contribution is -2.53. The maximum atomic E-state index is 13.3. The van der Waals surface area contributed by atoms with Gasteiger partial charge in [-0.1, -0.05) is 29.3 Å². The van der Waals surface area contributed by atoms with Crippen molar-refractivity contribution in [1.82, 2.24) is 0 Å². The monoisotopic (exact) mass is 410 g/mol. The highest BCUT2D eigenvalue weighted by atomic mass is 35.5. The SMILES string of the molecule is NC(=NCc1cc(Cl)cc(Cl)c1)C1=CCC2OC(F)(F)C(F)(F)OC2=C1. The average molecular weight is 411 g/mol. The predicted octanol–water partition coefficient (Wildman–Crippen LogP) is 4.67. The third-order valence-electron chi connectivity index (χ3n) is 3.69. The fraction of sp³-hybridized carbons (Fsp3) is 0.312. The summed E-state index contributed by atoms with van der Waals surface area (Å²) in [7, 11) is 0. The van der Waals surface area contributed by atoms with E-state index in [1.54, 1.807) is 18.2 Å². The quantitative estimate of drug-likeness (QED) is 0.447. The van der Waals surface area contributed by atoms with E-state index in [4.69, 9.17) is 28.9 Å². The molecule has 2 aliphatic rings. The molecule has 0 saturated carbocycles. The molecule has 3 rings (SSSR count). The van der Waals surface area contributed by atoms with Gasteiger partial charge in [-0.3, -0.25) is 4.99 Å². The molecule has 1 heterocycles. The molecule has 0 radical (unpaired) electrons. The lowest BCUT2D eigenvalue weighted by molar-refractivity contribution is -0.456. The molecule has 0 aromatic heterocycles. The van der Waals surface area contributed by atoms with Crippen LogP contribution in [0.25, 0.3) is 0 Å². The van der Waals surface area contributed by atoms with Gasteiger partial charge >= 0.3 is 12.2 Å². The van der Waals surface area contributed by atoms with Crippen molar-refractivity contribution in [2.45, 2.75) is 31.3 Å². The summed E-state index contributed by atoms with van der Waals surface area (Å²) in [5, 5.41) is 0.859. The van der Waals surface area contributed by atoms with Crippen molar-refractivity contribution in [1.29, 1.82) is 0 Å². The molecule has 1 fully saturated rings. The summed E-state index contributed by atoms with van der Waals surface area (Å²) in [6, 6.07) is 4.85. The molecule has 0 spiro atoms. The number of benzene rings is 1. The number of hydrogen-bond acceptors (Lipinski definition) is 3. The van der Waals surface area contributed by atoms with Crippen molar-refractivity contribution in [2.24, 2.45) is 10.7 Å². The van der Waals surface area contributed by atoms with E-state index in [2.05, 4.69) is 14.5 Å². The van der Waals surface area contributed by atoms with Gasteiger partial charge in [-0.25, -0.2) is 0 Å². The minimum atomic E-state index is -4.76. The van der Waals surface area contributed by atoms with Crippen LogP contribution in [0.2, 0.25) is 10.0 Å². The first kappa shape index (κ1) is 19.0. The normalized spacial score (nSPS) is 24.2. The van der Waals surface area contributed by atoms with Gasteiger partial charge in [0.25, 0.3) is 0 Å². The molecule has 1 aliphatic carbocycles. The summed E-state index contributed by atoms with van der Waals surface area (Å²) >= 11 is 11.8. The van der Waals surface area contributed by atoms with Crippen molar-refractivity contribution in [2.75, 3.05) is 0 Å². The first-order valence-corrected chi connectivity index (χ1v) is 8.12. The van der Waals surface area contributed by atoms with Crippen LogP contribution in [0.4, 0.5) is 17.6 Å². The van der Waals surface area contributed by atoms with Crippen LogP contribution in [0.3, 0.4) is 0 Å².